The van der Waals surface area contributed by atoms with Gasteiger partial charge in [0.15, 0.2) is 0 Å². The van der Waals surface area contributed by atoms with E-state index in [1.165, 1.54) is 17.7 Å². The van der Waals surface area contributed by atoms with Crippen LogP contribution < -0.4 is 10.1 Å². The molecule has 1 amide bonds. The van der Waals surface area contributed by atoms with Gasteiger partial charge in [0.25, 0.3) is 5.91 Å². The highest BCUT2D eigenvalue weighted by Crippen LogP contribution is 2.28. The van der Waals surface area contributed by atoms with Crippen molar-refractivity contribution in [2.45, 2.75) is 18.9 Å². The molecule has 4 nitrogen and oxygen atoms in total. The van der Waals surface area contributed by atoms with Gasteiger partial charge in [-0.2, -0.15) is 0 Å². The minimum absolute atomic E-state index is 0.111. The molecule has 0 saturated carbocycles. The van der Waals surface area contributed by atoms with Crippen LogP contribution in [0.1, 0.15) is 34.1 Å². The van der Waals surface area contributed by atoms with Crippen molar-refractivity contribution < 1.29 is 9.53 Å². The highest BCUT2D eigenvalue weighted by molar-refractivity contribution is 7.10. The molecule has 0 radical (unpaired) electrons. The number of halogens is 1. The van der Waals surface area contributed by atoms with Crippen LogP contribution in [0, 0.1) is 0 Å². The van der Waals surface area contributed by atoms with Crippen molar-refractivity contribution in [2.24, 2.45) is 0 Å². The predicted molar refractivity (Wildman–Crippen MR) is 98.2 cm³/mol. The van der Waals surface area contributed by atoms with E-state index in [1.54, 1.807) is 36.6 Å². The van der Waals surface area contributed by atoms with Gasteiger partial charge in [-0.25, -0.2) is 0 Å². The Morgan fingerprint density at radius 1 is 1.38 bits per heavy atom. The summed E-state index contributed by atoms with van der Waals surface area (Å²) in [6, 6.07) is 9.54. The number of likely N-dealkylation sites (tertiary alicyclic amines) is 1. The number of ether oxygens (including phenoxy) is 1. The average Bonchev–Trinajstić information content (AvgIpc) is 3.29. The lowest BCUT2D eigenvalue weighted by molar-refractivity contribution is 0.0938. The minimum atomic E-state index is -0.111. The second-order valence-corrected chi connectivity index (χ2v) is 7.22. The molecule has 3 rings (SSSR count). The Bertz CT molecular complexity index is 684. The molecular weight excluding hydrogens is 344 g/mol. The summed E-state index contributed by atoms with van der Waals surface area (Å²) in [5, 5.41) is 5.59. The Hall–Kier alpha value is -1.56. The number of nitrogens with zero attached hydrogens (tertiary/aromatic N) is 1. The van der Waals surface area contributed by atoms with Gasteiger partial charge in [-0.05, 0) is 55.6 Å². The van der Waals surface area contributed by atoms with Crippen molar-refractivity contribution in [3.63, 3.8) is 0 Å². The first-order valence-corrected chi connectivity index (χ1v) is 9.34. The van der Waals surface area contributed by atoms with Crippen LogP contribution in [0.25, 0.3) is 0 Å². The minimum Gasteiger partial charge on any atom is -0.495 e. The molecule has 2 heterocycles. The molecule has 1 aliphatic heterocycles. The summed E-state index contributed by atoms with van der Waals surface area (Å²) >= 11 is 7.85. The molecule has 1 atom stereocenters. The van der Waals surface area contributed by atoms with Crippen LogP contribution in [0.5, 0.6) is 5.75 Å². The molecule has 0 spiro atoms. The summed E-state index contributed by atoms with van der Waals surface area (Å²) < 4.78 is 5.13. The molecule has 2 aromatic rings. The van der Waals surface area contributed by atoms with Crippen molar-refractivity contribution in [3.8, 4) is 5.75 Å². The molecule has 1 aromatic heterocycles. The first kappa shape index (κ1) is 17.3. The third-order valence-corrected chi connectivity index (χ3v) is 5.59. The van der Waals surface area contributed by atoms with Crippen LogP contribution in [-0.4, -0.2) is 37.6 Å². The molecule has 1 unspecified atom stereocenters. The summed E-state index contributed by atoms with van der Waals surface area (Å²) in [6.07, 6.45) is 2.45. The zero-order valence-electron chi connectivity index (χ0n) is 13.6. The summed E-state index contributed by atoms with van der Waals surface area (Å²) in [7, 11) is 1.56. The lowest BCUT2D eigenvalue weighted by Gasteiger charge is -2.27. The smallest absolute Gasteiger partial charge is 0.251 e. The van der Waals surface area contributed by atoms with Gasteiger partial charge in [0.05, 0.1) is 18.2 Å². The van der Waals surface area contributed by atoms with E-state index in [9.17, 15) is 4.79 Å². The summed E-state index contributed by atoms with van der Waals surface area (Å²) in [5.41, 5.74) is 0.548. The fourth-order valence-electron chi connectivity index (χ4n) is 3.04. The normalized spacial score (nSPS) is 16.1. The van der Waals surface area contributed by atoms with E-state index in [0.29, 0.717) is 22.9 Å². The van der Waals surface area contributed by atoms with Gasteiger partial charge < -0.3 is 10.1 Å². The number of nitrogens with one attached hydrogen (secondary N) is 1. The van der Waals surface area contributed by atoms with Crippen molar-refractivity contribution in [1.29, 1.82) is 0 Å². The number of amides is 1. The SMILES string of the molecule is COc1ccc(C(=O)NCC(c2cccs2)N2CCCC2)cc1Cl. The molecule has 1 aliphatic rings. The Morgan fingerprint density at radius 2 is 2.17 bits per heavy atom. The fraction of sp³-hybridized carbons (Fsp3) is 0.389. The van der Waals surface area contributed by atoms with Gasteiger partial charge in [0.1, 0.15) is 5.75 Å². The molecule has 24 heavy (non-hydrogen) atoms. The standard InChI is InChI=1S/C18H21ClN2O2S/c1-23-16-7-6-13(11-14(16)19)18(22)20-12-15(17-5-4-10-24-17)21-8-2-3-9-21/h4-7,10-11,15H,2-3,8-9,12H2,1H3,(H,20,22). The van der Waals surface area contributed by atoms with Crippen molar-refractivity contribution in [1.82, 2.24) is 10.2 Å². The van der Waals surface area contributed by atoms with E-state index in [-0.39, 0.29) is 11.9 Å². The monoisotopic (exact) mass is 364 g/mol. The summed E-state index contributed by atoms with van der Waals surface area (Å²) in [5.74, 6) is 0.460. The van der Waals surface area contributed by atoms with Crippen molar-refractivity contribution in [2.75, 3.05) is 26.7 Å². The highest BCUT2D eigenvalue weighted by atomic mass is 35.5. The van der Waals surface area contributed by atoms with E-state index < -0.39 is 0 Å². The maximum atomic E-state index is 12.5. The van der Waals surface area contributed by atoms with E-state index in [4.69, 9.17) is 16.3 Å². The molecule has 1 saturated heterocycles. The molecule has 6 heteroatoms. The second kappa shape index (κ2) is 8.01. The Balaban J connectivity index is 1.67. The van der Waals surface area contributed by atoms with Gasteiger partial charge in [-0.15, -0.1) is 11.3 Å². The number of benzene rings is 1. The first-order chi connectivity index (χ1) is 11.7. The topological polar surface area (TPSA) is 41.6 Å². The van der Waals surface area contributed by atoms with Gasteiger partial charge in [0, 0.05) is 17.0 Å². The molecule has 1 fully saturated rings. The maximum absolute atomic E-state index is 12.5. The number of hydrogen-bond acceptors (Lipinski definition) is 4. The van der Waals surface area contributed by atoms with Crippen molar-refractivity contribution >= 4 is 28.8 Å². The molecule has 128 valence electrons. The average molecular weight is 365 g/mol. The number of hydrogen-bond donors (Lipinski definition) is 1. The van der Waals surface area contributed by atoms with Gasteiger partial charge in [-0.1, -0.05) is 17.7 Å². The number of methoxy groups -OCH3 is 1. The Labute approximate surface area is 151 Å². The molecule has 1 N–H and O–H groups in total. The van der Waals surface area contributed by atoms with Crippen LogP contribution >= 0.6 is 22.9 Å². The van der Waals surface area contributed by atoms with Crippen LogP contribution in [0.3, 0.4) is 0 Å². The number of rotatable bonds is 6. The van der Waals surface area contributed by atoms with E-state index in [1.807, 2.05) is 0 Å². The molecular formula is C18H21ClN2O2S. The molecule has 0 bridgehead atoms. The zero-order valence-corrected chi connectivity index (χ0v) is 15.2. The first-order valence-electron chi connectivity index (χ1n) is 8.08. The second-order valence-electron chi connectivity index (χ2n) is 5.83. The fourth-order valence-corrected chi connectivity index (χ4v) is 4.16. The van der Waals surface area contributed by atoms with E-state index in [0.717, 1.165) is 13.1 Å². The van der Waals surface area contributed by atoms with Crippen molar-refractivity contribution in [3.05, 3.63) is 51.2 Å². The number of thiophene rings is 1. The van der Waals surface area contributed by atoms with Crippen LogP contribution in [0.2, 0.25) is 5.02 Å². The summed E-state index contributed by atoms with van der Waals surface area (Å²) in [4.78, 5) is 16.2. The largest absolute Gasteiger partial charge is 0.495 e. The third-order valence-electron chi connectivity index (χ3n) is 4.32. The van der Waals surface area contributed by atoms with Crippen LogP contribution in [0.15, 0.2) is 35.7 Å². The van der Waals surface area contributed by atoms with Crippen LogP contribution in [0.4, 0.5) is 0 Å². The zero-order chi connectivity index (χ0) is 16.9. The van der Waals surface area contributed by atoms with Crippen LogP contribution in [-0.2, 0) is 0 Å². The van der Waals surface area contributed by atoms with E-state index in [2.05, 4.69) is 27.7 Å². The highest BCUT2D eigenvalue weighted by Gasteiger charge is 2.24. The van der Waals surface area contributed by atoms with Gasteiger partial charge in [-0.3, -0.25) is 9.69 Å². The Kier molecular flexibility index (Phi) is 5.76. The number of carbonyl (C=O) groups excluding carboxylic acids is 1. The van der Waals surface area contributed by atoms with Gasteiger partial charge >= 0.3 is 0 Å². The number of carbonyl (C=O) groups is 1. The quantitative estimate of drug-likeness (QED) is 0.843. The maximum Gasteiger partial charge on any atom is 0.251 e. The Morgan fingerprint density at radius 3 is 2.79 bits per heavy atom. The predicted octanol–water partition coefficient (Wildman–Crippen LogP) is 3.98. The summed E-state index contributed by atoms with van der Waals surface area (Å²) in [6.45, 7) is 2.78. The lowest BCUT2D eigenvalue weighted by atomic mass is 10.1. The van der Waals surface area contributed by atoms with Gasteiger partial charge in [0.2, 0.25) is 0 Å². The third kappa shape index (κ3) is 3.91. The molecule has 0 aliphatic carbocycles. The molecule has 1 aromatic carbocycles. The lowest BCUT2D eigenvalue weighted by Crippen LogP contribution is -2.36. The van der Waals surface area contributed by atoms with E-state index >= 15 is 0 Å².